The van der Waals surface area contributed by atoms with Crippen LogP contribution >= 0.6 is 0 Å². The molecule has 6 heteroatoms. The standard InChI is InChI=1S/C22H24NO4.ClH/c1-4-23-13-11-19(12-14-23)6-5-18-7-9-20(10-8-18)22(25)27-16-15-26-21(24)17(2)3;/h5-14H,2,4,15-16H2,1,3H3;1H/q+1;/p-1. The lowest BCUT2D eigenvalue weighted by Gasteiger charge is -2.06. The number of aryl methyl sites for hydroxylation is 1. The van der Waals surface area contributed by atoms with Crippen molar-refractivity contribution >= 4 is 24.1 Å². The number of carbonyl (C=O) groups excluding carboxylic acids is 2. The highest BCUT2D eigenvalue weighted by atomic mass is 35.5. The Morgan fingerprint density at radius 2 is 1.50 bits per heavy atom. The molecule has 28 heavy (non-hydrogen) atoms. The molecule has 148 valence electrons. The Kier molecular flexibility index (Phi) is 9.68. The number of nitrogens with zero attached hydrogens (tertiary/aromatic N) is 1. The number of esters is 2. The number of aromatic nitrogens is 1. The summed E-state index contributed by atoms with van der Waals surface area (Å²) in [4.78, 5) is 23.2. The summed E-state index contributed by atoms with van der Waals surface area (Å²) in [6.07, 6.45) is 8.07. The fourth-order valence-electron chi connectivity index (χ4n) is 2.19. The molecule has 1 aromatic carbocycles. The number of pyridine rings is 1. The molecule has 1 aromatic heterocycles. The third kappa shape index (κ3) is 7.37. The summed E-state index contributed by atoms with van der Waals surface area (Å²) in [5.41, 5.74) is 2.84. The number of ether oxygens (including phenoxy) is 2. The van der Waals surface area contributed by atoms with Crippen LogP contribution in [0.3, 0.4) is 0 Å². The van der Waals surface area contributed by atoms with E-state index in [0.29, 0.717) is 11.1 Å². The molecule has 0 N–H and O–H groups in total. The average Bonchev–Trinajstić information content (AvgIpc) is 2.70. The van der Waals surface area contributed by atoms with E-state index < -0.39 is 11.9 Å². The third-order valence-electron chi connectivity index (χ3n) is 3.79. The zero-order valence-corrected chi connectivity index (χ0v) is 16.8. The van der Waals surface area contributed by atoms with Crippen LogP contribution in [0.2, 0.25) is 0 Å². The zero-order chi connectivity index (χ0) is 19.6. The normalized spacial score (nSPS) is 10.2. The Morgan fingerprint density at radius 3 is 2.04 bits per heavy atom. The minimum Gasteiger partial charge on any atom is -1.00 e. The first-order chi connectivity index (χ1) is 13.0. The highest BCUT2D eigenvalue weighted by Crippen LogP contribution is 2.10. The first-order valence-electron chi connectivity index (χ1n) is 8.76. The van der Waals surface area contributed by atoms with Gasteiger partial charge in [0.15, 0.2) is 12.4 Å². The first kappa shape index (κ1) is 23.1. The minimum atomic E-state index is -0.495. The summed E-state index contributed by atoms with van der Waals surface area (Å²) in [6, 6.07) is 11.2. The molecule has 2 rings (SSSR count). The van der Waals surface area contributed by atoms with Crippen LogP contribution in [0, 0.1) is 0 Å². The van der Waals surface area contributed by atoms with E-state index in [1.165, 1.54) is 0 Å². The van der Waals surface area contributed by atoms with E-state index in [1.54, 1.807) is 19.1 Å². The molecule has 2 aromatic rings. The molecule has 0 spiro atoms. The maximum absolute atomic E-state index is 12.0. The smallest absolute Gasteiger partial charge is 0.338 e. The van der Waals surface area contributed by atoms with Crippen LogP contribution in [0.15, 0.2) is 60.9 Å². The van der Waals surface area contributed by atoms with Crippen LogP contribution in [0.1, 0.15) is 35.3 Å². The van der Waals surface area contributed by atoms with Crippen molar-refractivity contribution in [2.75, 3.05) is 13.2 Å². The van der Waals surface area contributed by atoms with Gasteiger partial charge in [0.1, 0.15) is 19.8 Å². The lowest BCUT2D eigenvalue weighted by atomic mass is 10.1. The van der Waals surface area contributed by atoms with Crippen LogP contribution in [0.4, 0.5) is 0 Å². The average molecular weight is 402 g/mol. The van der Waals surface area contributed by atoms with Gasteiger partial charge in [0.05, 0.1) is 5.56 Å². The lowest BCUT2D eigenvalue weighted by molar-refractivity contribution is -0.693. The van der Waals surface area contributed by atoms with E-state index in [2.05, 4.69) is 18.1 Å². The monoisotopic (exact) mass is 401 g/mol. The van der Waals surface area contributed by atoms with Crippen LogP contribution in [0.5, 0.6) is 0 Å². The summed E-state index contributed by atoms with van der Waals surface area (Å²) in [5.74, 6) is -0.950. The van der Waals surface area contributed by atoms with Gasteiger partial charge in [-0.1, -0.05) is 30.9 Å². The third-order valence-corrected chi connectivity index (χ3v) is 3.79. The summed E-state index contributed by atoms with van der Waals surface area (Å²) < 4.78 is 12.0. The largest absolute Gasteiger partial charge is 1.00 e. The molecular formula is C22H24ClNO4. The van der Waals surface area contributed by atoms with Gasteiger partial charge in [0, 0.05) is 17.7 Å². The summed E-state index contributed by atoms with van der Waals surface area (Å²) >= 11 is 0. The first-order valence-corrected chi connectivity index (χ1v) is 8.76. The van der Waals surface area contributed by atoms with E-state index in [4.69, 9.17) is 9.47 Å². The van der Waals surface area contributed by atoms with Crippen molar-refractivity contribution in [1.29, 1.82) is 0 Å². The molecule has 0 aliphatic carbocycles. The van der Waals surface area contributed by atoms with Crippen LogP contribution in [0.25, 0.3) is 12.2 Å². The SMILES string of the molecule is C=C(C)C(=O)OCCOC(=O)c1ccc(C=Cc2cc[n+](CC)cc2)cc1.[Cl-]. The number of carbonyl (C=O) groups is 2. The topological polar surface area (TPSA) is 56.5 Å². The summed E-state index contributed by atoms with van der Waals surface area (Å²) in [6.45, 7) is 8.09. The predicted molar refractivity (Wildman–Crippen MR) is 104 cm³/mol. The zero-order valence-electron chi connectivity index (χ0n) is 16.1. The highest BCUT2D eigenvalue weighted by molar-refractivity contribution is 5.90. The fraction of sp³-hybridized carbons (Fsp3) is 0.227. The van der Waals surface area contributed by atoms with Crippen molar-refractivity contribution in [3.05, 3.63) is 77.6 Å². The quantitative estimate of drug-likeness (QED) is 0.279. The van der Waals surface area contributed by atoms with Gasteiger partial charge in [-0.15, -0.1) is 0 Å². The van der Waals surface area contributed by atoms with Gasteiger partial charge in [-0.25, -0.2) is 14.2 Å². The van der Waals surface area contributed by atoms with E-state index in [1.807, 2.05) is 48.8 Å². The second kappa shape index (κ2) is 11.7. The molecule has 0 saturated carbocycles. The maximum Gasteiger partial charge on any atom is 0.338 e. The number of halogens is 1. The predicted octanol–water partition coefficient (Wildman–Crippen LogP) is 0.445. The molecule has 0 amide bonds. The van der Waals surface area contributed by atoms with Gasteiger partial charge in [-0.2, -0.15) is 0 Å². The van der Waals surface area contributed by atoms with Crippen LogP contribution in [-0.4, -0.2) is 25.2 Å². The van der Waals surface area contributed by atoms with Crippen LogP contribution in [-0.2, 0) is 20.8 Å². The molecule has 1 heterocycles. The second-order valence-electron chi connectivity index (χ2n) is 5.97. The van der Waals surface area contributed by atoms with Gasteiger partial charge in [-0.05, 0) is 37.1 Å². The number of hydrogen-bond donors (Lipinski definition) is 0. The lowest BCUT2D eigenvalue weighted by Crippen LogP contribution is -3.00. The van der Waals surface area contributed by atoms with E-state index in [0.717, 1.165) is 17.7 Å². The van der Waals surface area contributed by atoms with Gasteiger partial charge in [-0.3, -0.25) is 0 Å². The van der Waals surface area contributed by atoms with E-state index >= 15 is 0 Å². The van der Waals surface area contributed by atoms with Crippen molar-refractivity contribution in [2.45, 2.75) is 20.4 Å². The van der Waals surface area contributed by atoms with Crippen molar-refractivity contribution in [1.82, 2.24) is 0 Å². The molecule has 0 radical (unpaired) electrons. The van der Waals surface area contributed by atoms with Crippen molar-refractivity contribution in [3.63, 3.8) is 0 Å². The molecule has 0 saturated heterocycles. The van der Waals surface area contributed by atoms with Crippen molar-refractivity contribution in [3.8, 4) is 0 Å². The number of hydrogen-bond acceptors (Lipinski definition) is 4. The Labute approximate surface area is 171 Å². The Hall–Kier alpha value is -2.92. The molecule has 0 unspecified atom stereocenters. The molecule has 5 nitrogen and oxygen atoms in total. The van der Waals surface area contributed by atoms with Crippen molar-refractivity contribution < 1.29 is 36.0 Å². The highest BCUT2D eigenvalue weighted by Gasteiger charge is 2.08. The van der Waals surface area contributed by atoms with Gasteiger partial charge in [0.25, 0.3) is 0 Å². The molecule has 0 aliphatic rings. The fourth-order valence-corrected chi connectivity index (χ4v) is 2.19. The second-order valence-corrected chi connectivity index (χ2v) is 5.97. The Balaban J connectivity index is 0.00000392. The molecule has 0 atom stereocenters. The Bertz CT molecular complexity index is 827. The van der Waals surface area contributed by atoms with Gasteiger partial charge < -0.3 is 21.9 Å². The van der Waals surface area contributed by atoms with E-state index in [-0.39, 0.29) is 25.6 Å². The molecular weight excluding hydrogens is 378 g/mol. The maximum atomic E-state index is 12.0. The van der Waals surface area contributed by atoms with Crippen LogP contribution < -0.4 is 17.0 Å². The van der Waals surface area contributed by atoms with Gasteiger partial charge in [0.2, 0.25) is 0 Å². The Morgan fingerprint density at radius 1 is 0.964 bits per heavy atom. The van der Waals surface area contributed by atoms with E-state index in [9.17, 15) is 9.59 Å². The molecule has 0 bridgehead atoms. The van der Waals surface area contributed by atoms with Crippen molar-refractivity contribution in [2.24, 2.45) is 0 Å². The summed E-state index contributed by atoms with van der Waals surface area (Å²) in [7, 11) is 0. The number of benzene rings is 1. The summed E-state index contributed by atoms with van der Waals surface area (Å²) in [5, 5.41) is 0. The number of rotatable bonds is 8. The molecule has 0 fully saturated rings. The van der Waals surface area contributed by atoms with Gasteiger partial charge >= 0.3 is 11.9 Å². The molecule has 0 aliphatic heterocycles. The minimum absolute atomic E-state index is 0.